The zero-order chi connectivity index (χ0) is 9.56. The zero-order valence-corrected chi connectivity index (χ0v) is 8.86. The van der Waals surface area contributed by atoms with E-state index in [-0.39, 0.29) is 4.11 Å². The summed E-state index contributed by atoms with van der Waals surface area (Å²) in [4.78, 5) is 21.1. The zero-order valence-electron chi connectivity index (χ0n) is 6.70. The second kappa shape index (κ2) is 6.04. The van der Waals surface area contributed by atoms with E-state index in [0.29, 0.717) is 0 Å². The molecule has 0 bridgehead atoms. The summed E-state index contributed by atoms with van der Waals surface area (Å²) in [5.74, 6) is -0.618. The van der Waals surface area contributed by atoms with Crippen molar-refractivity contribution in [1.29, 1.82) is 0 Å². The van der Waals surface area contributed by atoms with Gasteiger partial charge in [0.05, 0.1) is 7.11 Å². The number of ether oxygens (including phenoxy) is 3. The van der Waals surface area contributed by atoms with E-state index in [9.17, 15) is 9.59 Å². The summed E-state index contributed by atoms with van der Waals surface area (Å²) < 4.78 is 12.9. The standard InChI is InChI=1S/C6H9IO5/c1-4(7)12-6(9)11-3-5(8)10-2/h4H,3H2,1-2H3. The summed E-state index contributed by atoms with van der Waals surface area (Å²) in [7, 11) is 1.21. The smallest absolute Gasteiger partial charge is 0.466 e. The summed E-state index contributed by atoms with van der Waals surface area (Å²) >= 11 is 1.88. The molecule has 0 aliphatic heterocycles. The lowest BCUT2D eigenvalue weighted by molar-refractivity contribution is -0.144. The summed E-state index contributed by atoms with van der Waals surface area (Å²) in [6.45, 7) is 1.25. The lowest BCUT2D eigenvalue weighted by Gasteiger charge is -2.05. The molecule has 6 heteroatoms. The summed E-state index contributed by atoms with van der Waals surface area (Å²) in [5, 5.41) is 0. The van der Waals surface area contributed by atoms with Crippen molar-refractivity contribution in [1.82, 2.24) is 0 Å². The maximum atomic E-state index is 10.6. The Hall–Kier alpha value is -0.530. The Kier molecular flexibility index (Phi) is 5.77. The van der Waals surface area contributed by atoms with Crippen molar-refractivity contribution in [3.63, 3.8) is 0 Å². The fourth-order valence-electron chi connectivity index (χ4n) is 0.343. The van der Waals surface area contributed by atoms with Crippen molar-refractivity contribution in [2.45, 2.75) is 11.0 Å². The fourth-order valence-corrected chi connectivity index (χ4v) is 0.551. The van der Waals surface area contributed by atoms with Gasteiger partial charge < -0.3 is 14.2 Å². The highest BCUT2D eigenvalue weighted by Crippen LogP contribution is 2.01. The van der Waals surface area contributed by atoms with Gasteiger partial charge in [-0.3, -0.25) is 0 Å². The molecule has 0 N–H and O–H groups in total. The Labute approximate surface area is 83.5 Å². The van der Waals surface area contributed by atoms with Crippen molar-refractivity contribution < 1.29 is 23.8 Å². The molecule has 70 valence electrons. The first-order valence-electron chi connectivity index (χ1n) is 3.10. The highest BCUT2D eigenvalue weighted by atomic mass is 127. The van der Waals surface area contributed by atoms with Crippen LogP contribution in [-0.4, -0.2) is 30.0 Å². The minimum absolute atomic E-state index is 0.284. The van der Waals surface area contributed by atoms with Crippen molar-refractivity contribution in [3.8, 4) is 0 Å². The molecule has 0 fully saturated rings. The van der Waals surface area contributed by atoms with E-state index in [1.165, 1.54) is 7.11 Å². The third kappa shape index (κ3) is 6.20. The highest BCUT2D eigenvalue weighted by molar-refractivity contribution is 14.1. The van der Waals surface area contributed by atoms with Crippen LogP contribution in [0.25, 0.3) is 0 Å². The first kappa shape index (κ1) is 11.5. The monoisotopic (exact) mass is 288 g/mol. The first-order chi connectivity index (χ1) is 5.56. The van der Waals surface area contributed by atoms with Crippen LogP contribution in [0.1, 0.15) is 6.92 Å². The van der Waals surface area contributed by atoms with Gasteiger partial charge in [-0.15, -0.1) is 0 Å². The molecule has 1 unspecified atom stereocenters. The van der Waals surface area contributed by atoms with Gasteiger partial charge in [-0.2, -0.15) is 0 Å². The molecule has 0 aromatic rings. The predicted octanol–water partition coefficient (Wildman–Crippen LogP) is 1.09. The maximum absolute atomic E-state index is 10.6. The number of methoxy groups -OCH3 is 1. The first-order valence-corrected chi connectivity index (χ1v) is 4.35. The molecule has 0 radical (unpaired) electrons. The van der Waals surface area contributed by atoms with Gasteiger partial charge in [-0.25, -0.2) is 9.59 Å². The van der Waals surface area contributed by atoms with Gasteiger partial charge in [0.15, 0.2) is 10.7 Å². The largest absolute Gasteiger partial charge is 0.509 e. The fraction of sp³-hybridized carbons (Fsp3) is 0.667. The Balaban J connectivity index is 3.51. The average molecular weight is 288 g/mol. The SMILES string of the molecule is COC(=O)COC(=O)OC(C)I. The molecule has 0 aliphatic carbocycles. The van der Waals surface area contributed by atoms with Gasteiger partial charge in [0.25, 0.3) is 0 Å². The van der Waals surface area contributed by atoms with Crippen LogP contribution in [0.5, 0.6) is 0 Å². The number of hydrogen-bond donors (Lipinski definition) is 0. The molecule has 0 amide bonds. The Morgan fingerprint density at radius 2 is 2.08 bits per heavy atom. The van der Waals surface area contributed by atoms with E-state index in [4.69, 9.17) is 0 Å². The van der Waals surface area contributed by atoms with E-state index >= 15 is 0 Å². The van der Waals surface area contributed by atoms with Crippen LogP contribution in [0.2, 0.25) is 0 Å². The lowest BCUT2D eigenvalue weighted by atomic mass is 10.7. The minimum Gasteiger partial charge on any atom is -0.466 e. The number of alkyl halides is 1. The lowest BCUT2D eigenvalue weighted by Crippen LogP contribution is -2.17. The topological polar surface area (TPSA) is 61.8 Å². The molecule has 0 aliphatic rings. The van der Waals surface area contributed by atoms with E-state index in [0.717, 1.165) is 0 Å². The third-order valence-electron chi connectivity index (χ3n) is 0.794. The van der Waals surface area contributed by atoms with Crippen LogP contribution in [0, 0.1) is 0 Å². The predicted molar refractivity (Wildman–Crippen MR) is 47.9 cm³/mol. The molecule has 0 aromatic carbocycles. The Bertz CT molecular complexity index is 167. The van der Waals surface area contributed by atoms with Crippen molar-refractivity contribution >= 4 is 34.7 Å². The van der Waals surface area contributed by atoms with Crippen molar-refractivity contribution in [2.24, 2.45) is 0 Å². The molecular weight excluding hydrogens is 279 g/mol. The van der Waals surface area contributed by atoms with Crippen LogP contribution in [0.15, 0.2) is 0 Å². The Morgan fingerprint density at radius 3 is 2.50 bits per heavy atom. The van der Waals surface area contributed by atoms with Crippen LogP contribution < -0.4 is 0 Å². The number of rotatable bonds is 3. The van der Waals surface area contributed by atoms with Crippen LogP contribution in [0.3, 0.4) is 0 Å². The molecule has 0 heterocycles. The molecular formula is C6H9IO5. The molecule has 0 rings (SSSR count). The molecule has 0 spiro atoms. The van der Waals surface area contributed by atoms with Gasteiger partial charge in [0.1, 0.15) is 0 Å². The number of halogens is 1. The molecule has 0 aromatic heterocycles. The second-order valence-electron chi connectivity index (χ2n) is 1.78. The van der Waals surface area contributed by atoms with Crippen LogP contribution >= 0.6 is 22.6 Å². The number of carbonyl (C=O) groups is 2. The summed E-state index contributed by atoms with van der Waals surface area (Å²) in [5.41, 5.74) is 0. The van der Waals surface area contributed by atoms with E-state index < -0.39 is 18.7 Å². The highest BCUT2D eigenvalue weighted by Gasteiger charge is 2.09. The van der Waals surface area contributed by atoms with E-state index in [1.807, 2.05) is 22.6 Å². The average Bonchev–Trinajstić information content (AvgIpc) is 1.99. The maximum Gasteiger partial charge on any atom is 0.509 e. The summed E-state index contributed by atoms with van der Waals surface area (Å²) in [6.07, 6.45) is -0.873. The van der Waals surface area contributed by atoms with Gasteiger partial charge >= 0.3 is 12.1 Å². The molecule has 5 nitrogen and oxygen atoms in total. The van der Waals surface area contributed by atoms with Gasteiger partial charge in [0.2, 0.25) is 0 Å². The molecule has 1 atom stereocenters. The van der Waals surface area contributed by atoms with Crippen LogP contribution in [0.4, 0.5) is 4.79 Å². The van der Waals surface area contributed by atoms with Crippen molar-refractivity contribution in [3.05, 3.63) is 0 Å². The van der Waals surface area contributed by atoms with Crippen molar-refractivity contribution in [2.75, 3.05) is 13.7 Å². The Morgan fingerprint density at radius 1 is 1.50 bits per heavy atom. The molecule has 12 heavy (non-hydrogen) atoms. The number of esters is 1. The second-order valence-corrected chi connectivity index (χ2v) is 3.53. The van der Waals surface area contributed by atoms with Gasteiger partial charge in [0, 0.05) is 0 Å². The van der Waals surface area contributed by atoms with E-state index in [1.54, 1.807) is 6.92 Å². The minimum atomic E-state index is -0.873. The quantitative estimate of drug-likeness (QED) is 0.442. The van der Waals surface area contributed by atoms with Gasteiger partial charge in [-0.05, 0) is 29.5 Å². The van der Waals surface area contributed by atoms with Crippen LogP contribution in [-0.2, 0) is 19.0 Å². The number of carbonyl (C=O) groups excluding carboxylic acids is 2. The summed E-state index contributed by atoms with van der Waals surface area (Å²) in [6, 6.07) is 0. The van der Waals surface area contributed by atoms with E-state index in [2.05, 4.69) is 14.2 Å². The normalized spacial score (nSPS) is 11.6. The van der Waals surface area contributed by atoms with Gasteiger partial charge in [-0.1, -0.05) is 0 Å². The third-order valence-corrected chi connectivity index (χ3v) is 1.05. The molecule has 0 saturated heterocycles. The molecule has 0 saturated carbocycles. The number of hydrogen-bond acceptors (Lipinski definition) is 5.